The van der Waals surface area contributed by atoms with Crippen LogP contribution in [0.3, 0.4) is 0 Å². The van der Waals surface area contributed by atoms with E-state index in [1.807, 2.05) is 20.8 Å². The first-order chi connectivity index (χ1) is 18.2. The van der Waals surface area contributed by atoms with Gasteiger partial charge in [-0.2, -0.15) is 21.6 Å². The Labute approximate surface area is 236 Å². The maximum Gasteiger partial charge on any atom is 0.534 e. The Balaban J connectivity index is 2.26. The zero-order valence-electron chi connectivity index (χ0n) is 23.1. The maximum atomic E-state index is 12.9. The molecular weight excluding hydrogens is 571 g/mol. The first kappa shape index (κ1) is 31.6. The van der Waals surface area contributed by atoms with Crippen molar-refractivity contribution in [3.63, 3.8) is 0 Å². The summed E-state index contributed by atoms with van der Waals surface area (Å²) in [6, 6.07) is 10.9. The van der Waals surface area contributed by atoms with Crippen LogP contribution in [0.1, 0.15) is 58.8 Å². The molecule has 0 bridgehead atoms. The minimum atomic E-state index is -5.91. The van der Waals surface area contributed by atoms with Crippen molar-refractivity contribution in [3.05, 3.63) is 58.6 Å². The van der Waals surface area contributed by atoms with Crippen molar-refractivity contribution >= 4 is 38.6 Å². The maximum absolute atomic E-state index is 12.9. The number of carbonyl (C=O) groups excluding carboxylic acids is 1. The summed E-state index contributed by atoms with van der Waals surface area (Å²) in [6.45, 7) is 12.4. The van der Waals surface area contributed by atoms with E-state index in [1.54, 1.807) is 58.0 Å². The average molecular weight is 602 g/mol. The van der Waals surface area contributed by atoms with Crippen molar-refractivity contribution < 1.29 is 40.0 Å². The Morgan fingerprint density at radius 2 is 1.60 bits per heavy atom. The van der Waals surface area contributed by atoms with E-state index in [1.165, 1.54) is 6.07 Å². The molecule has 0 saturated heterocycles. The van der Waals surface area contributed by atoms with Gasteiger partial charge in [0.05, 0.1) is 16.5 Å². The molecule has 0 aliphatic carbocycles. The van der Waals surface area contributed by atoms with Crippen molar-refractivity contribution in [1.82, 2.24) is 4.98 Å². The second-order valence-corrected chi connectivity index (χ2v) is 13.2. The van der Waals surface area contributed by atoms with Crippen LogP contribution in [0.5, 0.6) is 5.88 Å². The summed E-state index contributed by atoms with van der Waals surface area (Å²) in [5.74, 6) is -1.16. The highest BCUT2D eigenvalue weighted by atomic mass is 35.5. The minimum Gasteiger partial charge on any atom is -0.462 e. The molecule has 0 saturated carbocycles. The van der Waals surface area contributed by atoms with E-state index < -0.39 is 44.6 Å². The topological polar surface area (TPSA) is 91.8 Å². The highest BCUT2D eigenvalue weighted by molar-refractivity contribution is 7.87. The number of aromatic nitrogens is 1. The highest BCUT2D eigenvalue weighted by Crippen LogP contribution is 2.41. The summed E-state index contributed by atoms with van der Waals surface area (Å²) in [6.07, 6.45) is -0.747. The van der Waals surface area contributed by atoms with Gasteiger partial charge in [-0.25, -0.2) is 4.98 Å². The molecule has 1 atom stereocenters. The Kier molecular flexibility index (Phi) is 8.84. The summed E-state index contributed by atoms with van der Waals surface area (Å²) >= 11 is 6.12. The van der Waals surface area contributed by atoms with Crippen molar-refractivity contribution in [2.75, 3.05) is 6.61 Å². The number of rotatable bonds is 7. The zero-order chi connectivity index (χ0) is 30.3. The Morgan fingerprint density at radius 3 is 2.12 bits per heavy atom. The predicted molar refractivity (Wildman–Crippen MR) is 147 cm³/mol. The first-order valence-electron chi connectivity index (χ1n) is 12.3. The van der Waals surface area contributed by atoms with E-state index in [0.29, 0.717) is 32.7 Å². The number of hydrogen-bond acceptors (Lipinski definition) is 7. The van der Waals surface area contributed by atoms with Crippen LogP contribution in [0.15, 0.2) is 42.5 Å². The van der Waals surface area contributed by atoms with Gasteiger partial charge in [0.2, 0.25) is 5.88 Å². The van der Waals surface area contributed by atoms with Gasteiger partial charge < -0.3 is 13.7 Å². The normalized spacial score (nSPS) is 13.8. The molecule has 218 valence electrons. The fourth-order valence-electron chi connectivity index (χ4n) is 3.92. The van der Waals surface area contributed by atoms with Crippen molar-refractivity contribution in [1.29, 1.82) is 0 Å². The van der Waals surface area contributed by atoms with E-state index in [-0.39, 0.29) is 12.1 Å². The van der Waals surface area contributed by atoms with E-state index >= 15 is 0 Å². The lowest BCUT2D eigenvalue weighted by atomic mass is 9.88. The molecule has 3 aromatic rings. The van der Waals surface area contributed by atoms with Gasteiger partial charge in [0.15, 0.2) is 0 Å². The average Bonchev–Trinajstić information content (AvgIpc) is 2.79. The second-order valence-electron chi connectivity index (χ2n) is 11.3. The Morgan fingerprint density at radius 1 is 1.00 bits per heavy atom. The molecule has 1 aromatic heterocycles. The van der Waals surface area contributed by atoms with Gasteiger partial charge >= 0.3 is 21.6 Å². The summed E-state index contributed by atoms with van der Waals surface area (Å²) in [4.78, 5) is 16.7. The summed E-state index contributed by atoms with van der Waals surface area (Å²) in [5, 5.41) is 0.958. The third kappa shape index (κ3) is 7.44. The molecule has 0 radical (unpaired) electrons. The number of fused-ring (bicyclic) bond motifs is 1. The fourth-order valence-corrected chi connectivity index (χ4v) is 4.46. The second kappa shape index (κ2) is 11.2. The number of pyridine rings is 1. The molecule has 40 heavy (non-hydrogen) atoms. The number of nitrogens with zero attached hydrogens (tertiary/aromatic N) is 1. The van der Waals surface area contributed by atoms with Crippen molar-refractivity contribution in [2.45, 2.75) is 65.7 Å². The number of carbonyl (C=O) groups is 1. The van der Waals surface area contributed by atoms with Crippen LogP contribution in [-0.4, -0.2) is 37.1 Å². The molecule has 0 amide bonds. The summed E-state index contributed by atoms with van der Waals surface area (Å²) < 4.78 is 78.1. The van der Waals surface area contributed by atoms with Gasteiger partial charge in [0.25, 0.3) is 0 Å². The van der Waals surface area contributed by atoms with E-state index in [2.05, 4.69) is 9.17 Å². The van der Waals surface area contributed by atoms with Gasteiger partial charge in [-0.3, -0.25) is 4.79 Å². The van der Waals surface area contributed by atoms with E-state index in [0.717, 1.165) is 6.07 Å². The third-order valence-corrected chi connectivity index (χ3v) is 6.83. The molecular formula is C28H31ClF3NO6S. The molecule has 7 nitrogen and oxygen atoms in total. The molecule has 0 unspecified atom stereocenters. The largest absolute Gasteiger partial charge is 0.534 e. The first-order valence-corrected chi connectivity index (χ1v) is 14.0. The molecule has 1 heterocycles. The van der Waals surface area contributed by atoms with Crippen LogP contribution >= 0.6 is 11.6 Å². The van der Waals surface area contributed by atoms with Gasteiger partial charge in [0.1, 0.15) is 12.7 Å². The lowest BCUT2D eigenvalue weighted by molar-refractivity contribution is -0.162. The van der Waals surface area contributed by atoms with Crippen LogP contribution < -0.4 is 4.18 Å². The van der Waals surface area contributed by atoms with E-state index in [4.69, 9.17) is 21.1 Å². The standard InChI is InChI=1S/C28H31ClF3NO6S/c1-16-14-20-19(12-13-22(33-20)39-40(35,36)28(30,31)32)24(17-8-10-18(29)11-9-17)23(16)21(38-27(5,6)7)15-37-25(34)26(2,3)4/h8-14,21H,15H2,1-7H3/t21-/m0/s1. The van der Waals surface area contributed by atoms with Crippen molar-refractivity contribution in [2.24, 2.45) is 5.41 Å². The number of alkyl halides is 3. The van der Waals surface area contributed by atoms with Crippen LogP contribution in [0.25, 0.3) is 22.0 Å². The lowest BCUT2D eigenvalue weighted by Gasteiger charge is -2.31. The molecule has 0 aliphatic heterocycles. The van der Waals surface area contributed by atoms with E-state index in [9.17, 15) is 26.4 Å². The molecule has 0 fully saturated rings. The lowest BCUT2D eigenvalue weighted by Crippen LogP contribution is -2.30. The molecule has 2 aromatic carbocycles. The zero-order valence-corrected chi connectivity index (χ0v) is 24.7. The monoisotopic (exact) mass is 601 g/mol. The van der Waals surface area contributed by atoms with Crippen LogP contribution in [0.4, 0.5) is 13.2 Å². The smallest absolute Gasteiger partial charge is 0.462 e. The fraction of sp³-hybridized carbons (Fsp3) is 0.429. The highest BCUT2D eigenvalue weighted by Gasteiger charge is 2.49. The van der Waals surface area contributed by atoms with Crippen LogP contribution in [-0.2, 0) is 24.4 Å². The third-order valence-electron chi connectivity index (χ3n) is 5.62. The Bertz CT molecular complexity index is 1510. The molecule has 0 spiro atoms. The molecule has 0 N–H and O–H groups in total. The molecule has 0 aliphatic rings. The van der Waals surface area contributed by atoms with Gasteiger partial charge in [0, 0.05) is 16.5 Å². The van der Waals surface area contributed by atoms with Crippen molar-refractivity contribution in [3.8, 4) is 17.0 Å². The number of halogens is 4. The number of benzene rings is 2. The SMILES string of the molecule is Cc1cc2nc(OS(=O)(=O)C(F)(F)F)ccc2c(-c2ccc(Cl)cc2)c1[C@H](COC(=O)C(C)(C)C)OC(C)(C)C. The van der Waals surface area contributed by atoms with Crippen LogP contribution in [0, 0.1) is 12.3 Å². The quantitative estimate of drug-likeness (QED) is 0.157. The number of hydrogen-bond donors (Lipinski definition) is 0. The summed E-state index contributed by atoms with van der Waals surface area (Å²) in [7, 11) is -5.91. The predicted octanol–water partition coefficient (Wildman–Crippen LogP) is 7.54. The van der Waals surface area contributed by atoms with Gasteiger partial charge in [-0.15, -0.1) is 0 Å². The van der Waals surface area contributed by atoms with Crippen LogP contribution in [0.2, 0.25) is 5.02 Å². The summed E-state index contributed by atoms with van der Waals surface area (Å²) in [5.41, 5.74) is -4.28. The minimum absolute atomic E-state index is 0.112. The Hall–Kier alpha value is -2.89. The number of ether oxygens (including phenoxy) is 2. The number of esters is 1. The van der Waals surface area contributed by atoms with Gasteiger partial charge in [-0.1, -0.05) is 23.7 Å². The number of aryl methyl sites for hydroxylation is 1. The van der Waals surface area contributed by atoms with Gasteiger partial charge in [-0.05, 0) is 95.0 Å². The molecule has 3 rings (SSSR count). The molecule has 12 heteroatoms.